The molecule has 112 valence electrons. The van der Waals surface area contributed by atoms with Crippen LogP contribution in [0, 0.1) is 5.41 Å². The van der Waals surface area contributed by atoms with Crippen molar-refractivity contribution in [2.75, 3.05) is 24.0 Å². The van der Waals surface area contributed by atoms with Gasteiger partial charge in [-0.3, -0.25) is 5.41 Å². The number of benzene rings is 1. The molecular formula is C13H18F3N3S. The standard InChI is InChI=1S/C13H18F3N3S/c1-8(7-20-3)19(2)11-5-4-9(13(14,15)16)6-10(11)12(17)18/h4-6,8H,7H2,1-3H3,(H3,17,18). The number of hydrogen-bond donors (Lipinski definition) is 2. The number of amidine groups is 1. The molecule has 3 nitrogen and oxygen atoms in total. The fourth-order valence-corrected chi connectivity index (χ4v) is 2.53. The van der Waals surface area contributed by atoms with Gasteiger partial charge in [-0.05, 0) is 31.4 Å². The number of hydrogen-bond acceptors (Lipinski definition) is 3. The number of alkyl halides is 3. The number of nitrogens with two attached hydrogens (primary N) is 1. The average Bonchev–Trinajstić information content (AvgIpc) is 2.36. The highest BCUT2D eigenvalue weighted by Gasteiger charge is 2.31. The molecule has 1 aromatic rings. The number of nitrogen functional groups attached to an aromatic ring is 1. The van der Waals surface area contributed by atoms with Crippen molar-refractivity contribution >= 4 is 23.3 Å². The van der Waals surface area contributed by atoms with Gasteiger partial charge in [-0.1, -0.05) is 0 Å². The summed E-state index contributed by atoms with van der Waals surface area (Å²) in [5.74, 6) is 0.462. The molecule has 1 unspecified atom stereocenters. The van der Waals surface area contributed by atoms with Crippen LogP contribution in [0.15, 0.2) is 18.2 Å². The smallest absolute Gasteiger partial charge is 0.384 e. The maximum absolute atomic E-state index is 12.7. The molecule has 1 atom stereocenters. The van der Waals surface area contributed by atoms with E-state index < -0.39 is 11.7 Å². The molecule has 0 aliphatic rings. The molecule has 0 fully saturated rings. The van der Waals surface area contributed by atoms with Crippen LogP contribution in [0.1, 0.15) is 18.1 Å². The molecule has 0 heterocycles. The van der Waals surface area contributed by atoms with Gasteiger partial charge in [0.15, 0.2) is 0 Å². The van der Waals surface area contributed by atoms with E-state index in [1.165, 1.54) is 6.07 Å². The van der Waals surface area contributed by atoms with Gasteiger partial charge in [0, 0.05) is 30.1 Å². The van der Waals surface area contributed by atoms with E-state index in [9.17, 15) is 13.2 Å². The first-order chi connectivity index (χ1) is 9.18. The Labute approximate surface area is 120 Å². The summed E-state index contributed by atoms with van der Waals surface area (Å²) >= 11 is 1.65. The van der Waals surface area contributed by atoms with Gasteiger partial charge in [-0.25, -0.2) is 0 Å². The summed E-state index contributed by atoms with van der Waals surface area (Å²) in [6.45, 7) is 1.97. The zero-order chi connectivity index (χ0) is 15.5. The van der Waals surface area contributed by atoms with E-state index in [1.807, 2.05) is 18.1 Å². The van der Waals surface area contributed by atoms with Crippen molar-refractivity contribution in [1.29, 1.82) is 5.41 Å². The van der Waals surface area contributed by atoms with Crippen LogP contribution in [0.5, 0.6) is 0 Å². The first-order valence-electron chi connectivity index (χ1n) is 5.96. The van der Waals surface area contributed by atoms with Crippen molar-refractivity contribution < 1.29 is 13.2 Å². The molecule has 0 aliphatic carbocycles. The van der Waals surface area contributed by atoms with E-state index in [2.05, 4.69) is 0 Å². The lowest BCUT2D eigenvalue weighted by Crippen LogP contribution is -2.33. The van der Waals surface area contributed by atoms with Crippen LogP contribution in [0.2, 0.25) is 0 Å². The van der Waals surface area contributed by atoms with E-state index in [0.717, 1.165) is 17.9 Å². The molecule has 1 aromatic carbocycles. The molecule has 7 heteroatoms. The summed E-state index contributed by atoms with van der Waals surface area (Å²) in [5, 5.41) is 7.49. The van der Waals surface area contributed by atoms with Gasteiger partial charge < -0.3 is 10.6 Å². The van der Waals surface area contributed by atoms with Gasteiger partial charge in [0.05, 0.1) is 5.56 Å². The quantitative estimate of drug-likeness (QED) is 0.649. The second kappa shape index (κ2) is 6.39. The lowest BCUT2D eigenvalue weighted by atomic mass is 10.1. The summed E-state index contributed by atoms with van der Waals surface area (Å²) in [7, 11) is 1.79. The van der Waals surface area contributed by atoms with Crippen LogP contribution in [-0.2, 0) is 6.18 Å². The van der Waals surface area contributed by atoms with Crippen molar-refractivity contribution in [3.63, 3.8) is 0 Å². The molecule has 0 aromatic heterocycles. The molecule has 0 bridgehead atoms. The lowest BCUT2D eigenvalue weighted by Gasteiger charge is -2.28. The minimum absolute atomic E-state index is 0.107. The third-order valence-electron chi connectivity index (χ3n) is 3.06. The zero-order valence-corrected chi connectivity index (χ0v) is 12.4. The van der Waals surface area contributed by atoms with Crippen LogP contribution in [0.25, 0.3) is 0 Å². The Balaban J connectivity index is 3.24. The summed E-state index contributed by atoms with van der Waals surface area (Å²) < 4.78 is 38.1. The van der Waals surface area contributed by atoms with Crippen molar-refractivity contribution in [2.24, 2.45) is 5.73 Å². The topological polar surface area (TPSA) is 53.1 Å². The SMILES string of the molecule is CSCC(C)N(C)c1ccc(C(F)(F)F)cc1C(=N)N. The van der Waals surface area contributed by atoms with E-state index in [1.54, 1.807) is 18.8 Å². The number of anilines is 1. The monoisotopic (exact) mass is 305 g/mol. The normalized spacial score (nSPS) is 13.1. The zero-order valence-electron chi connectivity index (χ0n) is 11.6. The highest BCUT2D eigenvalue weighted by atomic mass is 32.2. The Morgan fingerprint density at radius 2 is 2.05 bits per heavy atom. The van der Waals surface area contributed by atoms with Gasteiger partial charge >= 0.3 is 6.18 Å². The molecule has 0 saturated carbocycles. The first-order valence-corrected chi connectivity index (χ1v) is 7.35. The summed E-state index contributed by atoms with van der Waals surface area (Å²) in [4.78, 5) is 1.84. The Morgan fingerprint density at radius 3 is 2.50 bits per heavy atom. The van der Waals surface area contributed by atoms with Crippen LogP contribution in [0.3, 0.4) is 0 Å². The van der Waals surface area contributed by atoms with Crippen molar-refractivity contribution in [1.82, 2.24) is 0 Å². The molecule has 0 radical (unpaired) electrons. The highest BCUT2D eigenvalue weighted by Crippen LogP contribution is 2.33. The van der Waals surface area contributed by atoms with Gasteiger partial charge in [0.25, 0.3) is 0 Å². The summed E-state index contributed by atoms with van der Waals surface area (Å²) in [6.07, 6.45) is -2.48. The Kier molecular flexibility index (Phi) is 5.33. The predicted molar refractivity (Wildman–Crippen MR) is 78.7 cm³/mol. The molecule has 1 rings (SSSR count). The van der Waals surface area contributed by atoms with Crippen LogP contribution in [0.4, 0.5) is 18.9 Å². The van der Waals surface area contributed by atoms with Gasteiger partial charge in [0.2, 0.25) is 0 Å². The Bertz CT molecular complexity index is 488. The Morgan fingerprint density at radius 1 is 1.45 bits per heavy atom. The number of thioether (sulfide) groups is 1. The molecule has 20 heavy (non-hydrogen) atoms. The van der Waals surface area contributed by atoms with Gasteiger partial charge in [-0.15, -0.1) is 0 Å². The van der Waals surface area contributed by atoms with Crippen molar-refractivity contribution in [3.8, 4) is 0 Å². The van der Waals surface area contributed by atoms with Crippen LogP contribution in [-0.4, -0.2) is 30.9 Å². The Hall–Kier alpha value is -1.37. The molecule has 0 saturated heterocycles. The van der Waals surface area contributed by atoms with E-state index in [-0.39, 0.29) is 17.4 Å². The van der Waals surface area contributed by atoms with Crippen molar-refractivity contribution in [2.45, 2.75) is 19.1 Å². The third-order valence-corrected chi connectivity index (χ3v) is 3.88. The van der Waals surface area contributed by atoms with Crippen molar-refractivity contribution in [3.05, 3.63) is 29.3 Å². The number of nitrogens with one attached hydrogen (secondary N) is 1. The number of nitrogens with zero attached hydrogens (tertiary/aromatic N) is 1. The third kappa shape index (κ3) is 3.82. The second-order valence-corrected chi connectivity index (χ2v) is 5.47. The van der Waals surface area contributed by atoms with Crippen LogP contribution >= 0.6 is 11.8 Å². The minimum atomic E-state index is -4.44. The second-order valence-electron chi connectivity index (χ2n) is 4.56. The van der Waals surface area contributed by atoms with E-state index >= 15 is 0 Å². The number of halogens is 3. The maximum atomic E-state index is 12.7. The van der Waals surface area contributed by atoms with Gasteiger partial charge in [0.1, 0.15) is 5.84 Å². The molecule has 3 N–H and O–H groups in total. The molecule has 0 spiro atoms. The van der Waals surface area contributed by atoms with Gasteiger partial charge in [-0.2, -0.15) is 24.9 Å². The first kappa shape index (κ1) is 16.7. The molecular weight excluding hydrogens is 287 g/mol. The summed E-state index contributed by atoms with van der Waals surface area (Å²) in [6, 6.07) is 3.44. The minimum Gasteiger partial charge on any atom is -0.384 e. The molecule has 0 amide bonds. The average molecular weight is 305 g/mol. The maximum Gasteiger partial charge on any atom is 0.416 e. The van der Waals surface area contributed by atoms with Crippen LogP contribution < -0.4 is 10.6 Å². The molecule has 0 aliphatic heterocycles. The lowest BCUT2D eigenvalue weighted by molar-refractivity contribution is -0.137. The van der Waals surface area contributed by atoms with E-state index in [0.29, 0.717) is 5.69 Å². The fourth-order valence-electron chi connectivity index (χ4n) is 1.83. The number of rotatable bonds is 5. The largest absolute Gasteiger partial charge is 0.416 e. The predicted octanol–water partition coefficient (Wildman–Crippen LogP) is 3.18. The fraction of sp³-hybridized carbons (Fsp3) is 0.462. The highest BCUT2D eigenvalue weighted by molar-refractivity contribution is 7.98. The summed E-state index contributed by atoms with van der Waals surface area (Å²) in [5.41, 5.74) is 5.27. The van der Waals surface area contributed by atoms with E-state index in [4.69, 9.17) is 11.1 Å².